The minimum Gasteiger partial charge on any atom is -0.396 e. The third-order valence-corrected chi connectivity index (χ3v) is 3.12. The molecule has 2 N–H and O–H groups in total. The van der Waals surface area contributed by atoms with Gasteiger partial charge < -0.3 is 15.5 Å². The van der Waals surface area contributed by atoms with Crippen LogP contribution in [0.25, 0.3) is 0 Å². The Balaban J connectivity index is 2.69. The molecule has 0 fully saturated rings. The second kappa shape index (κ2) is 6.72. The zero-order chi connectivity index (χ0) is 12.8. The third-order valence-electron chi connectivity index (χ3n) is 2.79. The van der Waals surface area contributed by atoms with Gasteiger partial charge in [-0.3, -0.25) is 0 Å². The maximum absolute atomic E-state index is 6.04. The molecule has 17 heavy (non-hydrogen) atoms. The van der Waals surface area contributed by atoms with Crippen LogP contribution in [0.4, 0.5) is 11.4 Å². The molecule has 1 aromatic carbocycles. The lowest BCUT2D eigenvalue weighted by Crippen LogP contribution is -2.27. The van der Waals surface area contributed by atoms with Crippen LogP contribution in [-0.4, -0.2) is 38.6 Å². The molecule has 0 aromatic heterocycles. The highest BCUT2D eigenvalue weighted by molar-refractivity contribution is 6.33. The Hall–Kier alpha value is -0.930. The van der Waals surface area contributed by atoms with Crippen molar-refractivity contribution in [3.63, 3.8) is 0 Å². The van der Waals surface area contributed by atoms with Crippen LogP contribution in [0.3, 0.4) is 0 Å². The first-order valence-corrected chi connectivity index (χ1v) is 6.37. The molecule has 1 rings (SSSR count). The van der Waals surface area contributed by atoms with Crippen LogP contribution in [0, 0.1) is 0 Å². The van der Waals surface area contributed by atoms with Crippen molar-refractivity contribution in [2.75, 3.05) is 44.4 Å². The Morgan fingerprint density at radius 2 is 1.94 bits per heavy atom. The van der Waals surface area contributed by atoms with E-state index in [1.165, 1.54) is 0 Å². The second-order valence-corrected chi connectivity index (χ2v) is 4.82. The Labute approximate surface area is 109 Å². The molecule has 0 unspecified atom stereocenters. The second-order valence-electron chi connectivity index (χ2n) is 4.41. The van der Waals surface area contributed by atoms with Gasteiger partial charge in [0.15, 0.2) is 0 Å². The van der Waals surface area contributed by atoms with E-state index in [1.54, 1.807) is 0 Å². The summed E-state index contributed by atoms with van der Waals surface area (Å²) < 4.78 is 0. The summed E-state index contributed by atoms with van der Waals surface area (Å²) in [6.45, 7) is 5.16. The third kappa shape index (κ3) is 4.10. The van der Waals surface area contributed by atoms with Gasteiger partial charge in [0.05, 0.1) is 16.4 Å². The number of hydrogen-bond donors (Lipinski definition) is 1. The van der Waals surface area contributed by atoms with E-state index in [-0.39, 0.29) is 0 Å². The Kier molecular flexibility index (Phi) is 5.59. The predicted molar refractivity (Wildman–Crippen MR) is 76.9 cm³/mol. The topological polar surface area (TPSA) is 32.5 Å². The van der Waals surface area contributed by atoms with Crippen LogP contribution >= 0.6 is 11.6 Å². The Morgan fingerprint density at radius 3 is 2.53 bits per heavy atom. The number of rotatable bonds is 6. The van der Waals surface area contributed by atoms with E-state index < -0.39 is 0 Å². The van der Waals surface area contributed by atoms with Gasteiger partial charge in [0, 0.05) is 13.1 Å². The fourth-order valence-electron chi connectivity index (χ4n) is 1.83. The minimum absolute atomic E-state index is 0.633. The molecule has 0 aliphatic heterocycles. The Morgan fingerprint density at radius 1 is 1.24 bits per heavy atom. The van der Waals surface area contributed by atoms with Crippen molar-refractivity contribution >= 4 is 23.0 Å². The summed E-state index contributed by atoms with van der Waals surface area (Å²) in [5.74, 6) is 0. The van der Waals surface area contributed by atoms with Crippen LogP contribution in [0.1, 0.15) is 13.3 Å². The highest BCUT2D eigenvalue weighted by atomic mass is 35.5. The van der Waals surface area contributed by atoms with Crippen molar-refractivity contribution in [3.05, 3.63) is 23.2 Å². The first-order valence-electron chi connectivity index (χ1n) is 6.00. The van der Waals surface area contributed by atoms with E-state index in [9.17, 15) is 0 Å². The van der Waals surface area contributed by atoms with Crippen LogP contribution in [0.5, 0.6) is 0 Å². The maximum atomic E-state index is 6.04. The van der Waals surface area contributed by atoms with Gasteiger partial charge >= 0.3 is 0 Å². The quantitative estimate of drug-likeness (QED) is 0.794. The predicted octanol–water partition coefficient (Wildman–Crippen LogP) is 2.70. The van der Waals surface area contributed by atoms with Crippen molar-refractivity contribution in [2.24, 2.45) is 0 Å². The summed E-state index contributed by atoms with van der Waals surface area (Å²) in [7, 11) is 4.17. The monoisotopic (exact) mass is 255 g/mol. The van der Waals surface area contributed by atoms with Crippen molar-refractivity contribution in [1.29, 1.82) is 0 Å². The number of hydrogen-bond acceptors (Lipinski definition) is 3. The number of anilines is 2. The van der Waals surface area contributed by atoms with E-state index in [4.69, 9.17) is 17.3 Å². The molecular weight excluding hydrogens is 234 g/mol. The van der Waals surface area contributed by atoms with Gasteiger partial charge in [-0.05, 0) is 46.1 Å². The van der Waals surface area contributed by atoms with Crippen LogP contribution in [0.2, 0.25) is 5.02 Å². The molecule has 0 atom stereocenters. The molecule has 0 bridgehead atoms. The lowest BCUT2D eigenvalue weighted by atomic mass is 10.2. The average Bonchev–Trinajstić information content (AvgIpc) is 2.28. The molecule has 0 amide bonds. The molecule has 4 heteroatoms. The van der Waals surface area contributed by atoms with Crippen LogP contribution < -0.4 is 10.6 Å². The molecule has 0 saturated carbocycles. The normalized spacial score (nSPS) is 10.9. The zero-order valence-corrected chi connectivity index (χ0v) is 11.7. The molecule has 1 aromatic rings. The van der Waals surface area contributed by atoms with Gasteiger partial charge in [0.2, 0.25) is 0 Å². The summed E-state index contributed by atoms with van der Waals surface area (Å²) >= 11 is 6.04. The summed E-state index contributed by atoms with van der Waals surface area (Å²) in [5, 5.41) is 0.633. The average molecular weight is 256 g/mol. The molecular formula is C13H22ClN3. The molecule has 0 heterocycles. The van der Waals surface area contributed by atoms with Gasteiger partial charge in [-0.15, -0.1) is 0 Å². The van der Waals surface area contributed by atoms with Crippen molar-refractivity contribution in [2.45, 2.75) is 13.3 Å². The molecule has 0 spiro atoms. The van der Waals surface area contributed by atoms with E-state index in [0.717, 1.165) is 31.7 Å². The number of benzene rings is 1. The fraction of sp³-hybridized carbons (Fsp3) is 0.538. The van der Waals surface area contributed by atoms with Crippen LogP contribution in [-0.2, 0) is 0 Å². The first kappa shape index (κ1) is 14.1. The standard InChI is InChI=1S/C13H22ClN3/c1-4-17(10-6-9-16(2)3)12-8-5-7-11(14)13(12)15/h5,7-8H,4,6,9-10,15H2,1-3H3. The number of nitrogens with two attached hydrogens (primary N) is 1. The number of nitrogen functional groups attached to an aromatic ring is 1. The molecule has 0 aliphatic carbocycles. The van der Waals surface area contributed by atoms with Gasteiger partial charge in [-0.25, -0.2) is 0 Å². The van der Waals surface area contributed by atoms with E-state index in [2.05, 4.69) is 30.8 Å². The lowest BCUT2D eigenvalue weighted by Gasteiger charge is -2.25. The SMILES string of the molecule is CCN(CCCN(C)C)c1cccc(Cl)c1N. The Bertz CT molecular complexity index is 353. The summed E-state index contributed by atoms with van der Waals surface area (Å²) in [4.78, 5) is 4.46. The zero-order valence-electron chi connectivity index (χ0n) is 10.9. The van der Waals surface area contributed by atoms with Crippen molar-refractivity contribution in [3.8, 4) is 0 Å². The van der Waals surface area contributed by atoms with Crippen LogP contribution in [0.15, 0.2) is 18.2 Å². The highest BCUT2D eigenvalue weighted by Crippen LogP contribution is 2.29. The summed E-state index contributed by atoms with van der Waals surface area (Å²) in [5.41, 5.74) is 7.73. The number of halogens is 1. The van der Waals surface area contributed by atoms with Gasteiger partial charge in [0.1, 0.15) is 0 Å². The highest BCUT2D eigenvalue weighted by Gasteiger charge is 2.09. The smallest absolute Gasteiger partial charge is 0.0741 e. The van der Waals surface area contributed by atoms with E-state index in [1.807, 2.05) is 18.2 Å². The van der Waals surface area contributed by atoms with E-state index in [0.29, 0.717) is 10.7 Å². The lowest BCUT2D eigenvalue weighted by molar-refractivity contribution is 0.400. The molecule has 0 aliphatic rings. The van der Waals surface area contributed by atoms with Crippen molar-refractivity contribution < 1.29 is 0 Å². The van der Waals surface area contributed by atoms with E-state index >= 15 is 0 Å². The first-order chi connectivity index (χ1) is 8.06. The van der Waals surface area contributed by atoms with Gasteiger partial charge in [0.25, 0.3) is 0 Å². The van der Waals surface area contributed by atoms with Crippen molar-refractivity contribution in [1.82, 2.24) is 4.90 Å². The van der Waals surface area contributed by atoms with Gasteiger partial charge in [-0.2, -0.15) is 0 Å². The number of nitrogens with zero attached hydrogens (tertiary/aromatic N) is 2. The molecule has 96 valence electrons. The molecule has 0 saturated heterocycles. The molecule has 0 radical (unpaired) electrons. The maximum Gasteiger partial charge on any atom is 0.0741 e. The summed E-state index contributed by atoms with van der Waals surface area (Å²) in [6, 6.07) is 5.80. The summed E-state index contributed by atoms with van der Waals surface area (Å²) in [6.07, 6.45) is 1.12. The van der Waals surface area contributed by atoms with Gasteiger partial charge in [-0.1, -0.05) is 17.7 Å². The largest absolute Gasteiger partial charge is 0.396 e. The fourth-order valence-corrected chi connectivity index (χ4v) is 2.00. The minimum atomic E-state index is 0.633. The number of para-hydroxylation sites is 1. The molecule has 3 nitrogen and oxygen atoms in total.